The van der Waals surface area contributed by atoms with Crippen LogP contribution in [0.3, 0.4) is 0 Å². The van der Waals surface area contributed by atoms with Gasteiger partial charge in [-0.25, -0.2) is 0 Å². The molecule has 1 aliphatic carbocycles. The lowest BCUT2D eigenvalue weighted by molar-refractivity contribution is 0.0367. The molecule has 5 nitrogen and oxygen atoms in total. The monoisotopic (exact) mass is 357 g/mol. The third-order valence-electron chi connectivity index (χ3n) is 4.80. The van der Waals surface area contributed by atoms with Crippen LogP contribution in [0.1, 0.15) is 31.7 Å². The Morgan fingerprint density at radius 3 is 2.81 bits per heavy atom. The van der Waals surface area contributed by atoms with Crippen molar-refractivity contribution in [2.45, 2.75) is 32.3 Å². The highest BCUT2D eigenvalue weighted by molar-refractivity contribution is 5.81. The summed E-state index contributed by atoms with van der Waals surface area (Å²) in [5, 5.41) is 13.4. The molecule has 2 aliphatic rings. The molecular formula is C21H31N3O2. The minimum absolute atomic E-state index is 0.372. The van der Waals surface area contributed by atoms with Crippen LogP contribution in [0.5, 0.6) is 0 Å². The van der Waals surface area contributed by atoms with Gasteiger partial charge in [-0.2, -0.15) is 0 Å². The molecule has 1 aromatic rings. The van der Waals surface area contributed by atoms with Gasteiger partial charge in [-0.05, 0) is 43.2 Å². The van der Waals surface area contributed by atoms with Crippen LogP contribution in [0.15, 0.2) is 41.4 Å². The minimum Gasteiger partial charge on any atom is -0.389 e. The first-order valence-electron chi connectivity index (χ1n) is 9.79. The van der Waals surface area contributed by atoms with Crippen molar-refractivity contribution < 1.29 is 9.84 Å². The third-order valence-corrected chi connectivity index (χ3v) is 4.80. The van der Waals surface area contributed by atoms with E-state index in [4.69, 9.17) is 4.74 Å². The molecule has 0 aromatic heterocycles. The number of nitrogens with one attached hydrogen (secondary N) is 1. The predicted octanol–water partition coefficient (Wildman–Crippen LogP) is 2.53. The molecule has 0 bridgehead atoms. The molecule has 26 heavy (non-hydrogen) atoms. The fourth-order valence-corrected chi connectivity index (χ4v) is 3.10. The molecule has 1 aliphatic heterocycles. The van der Waals surface area contributed by atoms with Gasteiger partial charge in [-0.3, -0.25) is 4.99 Å². The lowest BCUT2D eigenvalue weighted by atomic mass is 10.00. The van der Waals surface area contributed by atoms with Crippen LogP contribution >= 0.6 is 0 Å². The van der Waals surface area contributed by atoms with Gasteiger partial charge in [0, 0.05) is 26.2 Å². The molecule has 1 unspecified atom stereocenters. The topological polar surface area (TPSA) is 57.1 Å². The highest BCUT2D eigenvalue weighted by Crippen LogP contribution is 2.28. The average molecular weight is 357 g/mol. The van der Waals surface area contributed by atoms with Gasteiger partial charge in [0.2, 0.25) is 0 Å². The predicted molar refractivity (Wildman–Crippen MR) is 106 cm³/mol. The highest BCUT2D eigenvalue weighted by Gasteiger charge is 2.21. The van der Waals surface area contributed by atoms with Gasteiger partial charge in [0.25, 0.3) is 0 Å². The molecule has 1 fully saturated rings. The van der Waals surface area contributed by atoms with Crippen molar-refractivity contribution in [3.8, 4) is 0 Å². The van der Waals surface area contributed by atoms with Gasteiger partial charge in [-0.15, -0.1) is 0 Å². The van der Waals surface area contributed by atoms with Crippen LogP contribution in [0.2, 0.25) is 0 Å². The number of hydrogen-bond acceptors (Lipinski definition) is 3. The smallest absolute Gasteiger partial charge is 0.194 e. The summed E-state index contributed by atoms with van der Waals surface area (Å²) in [5.74, 6) is 1.60. The lowest BCUT2D eigenvalue weighted by Gasteiger charge is -2.30. The first-order chi connectivity index (χ1) is 12.8. The quantitative estimate of drug-likeness (QED) is 0.554. The summed E-state index contributed by atoms with van der Waals surface area (Å²) < 4.78 is 5.56. The Morgan fingerprint density at radius 2 is 2.15 bits per heavy atom. The molecule has 142 valence electrons. The Kier molecular flexibility index (Phi) is 7.09. The summed E-state index contributed by atoms with van der Waals surface area (Å²) >= 11 is 0. The van der Waals surface area contributed by atoms with Crippen molar-refractivity contribution in [1.29, 1.82) is 0 Å². The molecule has 0 saturated heterocycles. The largest absolute Gasteiger partial charge is 0.389 e. The summed E-state index contributed by atoms with van der Waals surface area (Å²) in [4.78, 5) is 6.86. The molecule has 1 atom stereocenters. The lowest BCUT2D eigenvalue weighted by Crippen LogP contribution is -2.44. The van der Waals surface area contributed by atoms with Crippen LogP contribution in [0.4, 0.5) is 0 Å². The number of aliphatic hydroxyl groups excluding tert-OH is 1. The van der Waals surface area contributed by atoms with Gasteiger partial charge in [-0.1, -0.05) is 36.4 Å². The van der Waals surface area contributed by atoms with Crippen molar-refractivity contribution in [2.75, 3.05) is 39.4 Å². The Labute approximate surface area is 156 Å². The van der Waals surface area contributed by atoms with Crippen LogP contribution in [-0.4, -0.2) is 61.5 Å². The molecule has 0 amide bonds. The molecule has 1 heterocycles. The number of hydrogen-bond donors (Lipinski definition) is 2. The second kappa shape index (κ2) is 9.74. The zero-order valence-electron chi connectivity index (χ0n) is 15.7. The number of rotatable bonds is 8. The molecule has 2 N–H and O–H groups in total. The van der Waals surface area contributed by atoms with Crippen molar-refractivity contribution >= 4 is 11.5 Å². The van der Waals surface area contributed by atoms with E-state index in [0.717, 1.165) is 44.5 Å². The minimum atomic E-state index is -0.539. The van der Waals surface area contributed by atoms with E-state index in [1.54, 1.807) is 0 Å². The van der Waals surface area contributed by atoms with E-state index in [-0.39, 0.29) is 0 Å². The number of aliphatic imine (C=N–C) groups is 1. The maximum atomic E-state index is 10.1. The van der Waals surface area contributed by atoms with Crippen LogP contribution in [0.25, 0.3) is 5.57 Å². The zero-order valence-corrected chi connectivity index (χ0v) is 15.7. The average Bonchev–Trinajstić information content (AvgIpc) is 3.50. The summed E-state index contributed by atoms with van der Waals surface area (Å²) in [6.07, 6.45) is 5.28. The van der Waals surface area contributed by atoms with E-state index >= 15 is 0 Å². The fourth-order valence-electron chi connectivity index (χ4n) is 3.10. The molecule has 0 spiro atoms. The van der Waals surface area contributed by atoms with E-state index in [2.05, 4.69) is 58.5 Å². The summed E-state index contributed by atoms with van der Waals surface area (Å²) in [5.41, 5.74) is 2.70. The first kappa shape index (κ1) is 18.9. The Hall–Kier alpha value is -1.85. The molecule has 1 saturated carbocycles. The van der Waals surface area contributed by atoms with Crippen LogP contribution < -0.4 is 5.32 Å². The molecule has 1 aromatic carbocycles. The first-order valence-corrected chi connectivity index (χ1v) is 9.79. The Bertz CT molecular complexity index is 611. The number of nitrogens with zero attached hydrogens (tertiary/aromatic N) is 2. The summed E-state index contributed by atoms with van der Waals surface area (Å²) in [6.45, 7) is 6.18. The van der Waals surface area contributed by atoms with E-state index < -0.39 is 6.10 Å². The molecule has 5 heteroatoms. The Morgan fingerprint density at radius 1 is 1.35 bits per heavy atom. The molecular weight excluding hydrogens is 326 g/mol. The number of ether oxygens (including phenoxy) is 1. The van der Waals surface area contributed by atoms with E-state index in [9.17, 15) is 5.11 Å². The second-order valence-electron chi connectivity index (χ2n) is 7.12. The second-order valence-corrected chi connectivity index (χ2v) is 7.12. The maximum Gasteiger partial charge on any atom is 0.194 e. The molecule has 3 rings (SSSR count). The normalized spacial score (nSPS) is 19.2. The van der Waals surface area contributed by atoms with Gasteiger partial charge < -0.3 is 20.1 Å². The van der Waals surface area contributed by atoms with Crippen molar-refractivity contribution in [1.82, 2.24) is 10.2 Å². The maximum absolute atomic E-state index is 10.1. The fraction of sp³-hybridized carbons (Fsp3) is 0.571. The van der Waals surface area contributed by atoms with Crippen molar-refractivity contribution in [3.05, 3.63) is 42.0 Å². The SMILES string of the molecule is CCNC(=NCC(O)COCC1CC1)N1CC=C(c2ccccc2)CC1. The highest BCUT2D eigenvalue weighted by atomic mass is 16.5. The van der Waals surface area contributed by atoms with Crippen LogP contribution in [0, 0.1) is 5.92 Å². The van der Waals surface area contributed by atoms with Gasteiger partial charge in [0.1, 0.15) is 0 Å². The standard InChI is InChI=1S/C21H31N3O2/c1-2-22-21(23-14-20(25)16-26-15-17-8-9-17)24-12-10-19(11-13-24)18-6-4-3-5-7-18/h3-7,10,17,20,25H,2,8-9,11-16H2,1H3,(H,22,23). The zero-order chi connectivity index (χ0) is 18.2. The third kappa shape index (κ3) is 5.85. The van der Waals surface area contributed by atoms with E-state index in [1.165, 1.54) is 24.0 Å². The van der Waals surface area contributed by atoms with E-state index in [1.807, 2.05) is 0 Å². The van der Waals surface area contributed by atoms with Gasteiger partial charge >= 0.3 is 0 Å². The molecule has 0 radical (unpaired) electrons. The van der Waals surface area contributed by atoms with E-state index in [0.29, 0.717) is 13.2 Å². The number of guanidine groups is 1. The number of benzene rings is 1. The Balaban J connectivity index is 1.51. The number of aliphatic hydroxyl groups is 1. The van der Waals surface area contributed by atoms with Crippen LogP contribution in [-0.2, 0) is 4.74 Å². The summed E-state index contributed by atoms with van der Waals surface area (Å²) in [7, 11) is 0. The van der Waals surface area contributed by atoms with Crippen molar-refractivity contribution in [3.63, 3.8) is 0 Å². The van der Waals surface area contributed by atoms with Gasteiger partial charge in [0.05, 0.1) is 19.3 Å². The summed E-state index contributed by atoms with van der Waals surface area (Å²) in [6, 6.07) is 10.5. The van der Waals surface area contributed by atoms with Crippen molar-refractivity contribution in [2.24, 2.45) is 10.9 Å². The van der Waals surface area contributed by atoms with Gasteiger partial charge in [0.15, 0.2) is 5.96 Å².